The fourth-order valence-electron chi connectivity index (χ4n) is 2.43. The third-order valence-electron chi connectivity index (χ3n) is 3.50. The van der Waals surface area contributed by atoms with Crippen LogP contribution in [0.25, 0.3) is 10.9 Å². The molecule has 0 radical (unpaired) electrons. The molecule has 0 atom stereocenters. The molecule has 0 aliphatic carbocycles. The van der Waals surface area contributed by atoms with E-state index in [0.717, 1.165) is 0 Å². The highest BCUT2D eigenvalue weighted by molar-refractivity contribution is 7.89. The van der Waals surface area contributed by atoms with Crippen LogP contribution in [0.1, 0.15) is 6.42 Å². The third kappa shape index (κ3) is 2.62. The first kappa shape index (κ1) is 14.0. The van der Waals surface area contributed by atoms with Crippen LogP contribution in [0, 0.1) is 0 Å². The Labute approximate surface area is 122 Å². The number of rotatable bonds is 2. The Morgan fingerprint density at radius 1 is 1.14 bits per heavy atom. The zero-order valence-electron chi connectivity index (χ0n) is 11.3. The topological polar surface area (TPSA) is 79.4 Å². The molecule has 1 aliphatic rings. The normalized spacial score (nSPS) is 17.4. The molecule has 2 aromatic rings. The lowest BCUT2D eigenvalue weighted by molar-refractivity contribution is -0.120. The van der Waals surface area contributed by atoms with Crippen molar-refractivity contribution in [1.29, 1.82) is 0 Å². The summed E-state index contributed by atoms with van der Waals surface area (Å²) < 4.78 is 27.0. The Balaban J connectivity index is 2.06. The molecular weight excluding hydrogens is 290 g/mol. The lowest BCUT2D eigenvalue weighted by atomic mass is 10.2. The molecule has 0 saturated carbocycles. The van der Waals surface area contributed by atoms with Crippen molar-refractivity contribution < 1.29 is 13.2 Å². The van der Waals surface area contributed by atoms with E-state index in [0.29, 0.717) is 17.4 Å². The smallest absolute Gasteiger partial charge is 0.243 e. The van der Waals surface area contributed by atoms with Crippen LogP contribution in [0.3, 0.4) is 0 Å². The average Bonchev–Trinajstić information content (AvgIpc) is 2.72. The Bertz CT molecular complexity index is 784. The van der Waals surface area contributed by atoms with E-state index in [1.807, 2.05) is 0 Å². The van der Waals surface area contributed by atoms with E-state index >= 15 is 0 Å². The Kier molecular flexibility index (Phi) is 3.60. The summed E-state index contributed by atoms with van der Waals surface area (Å²) >= 11 is 0. The molecule has 1 aromatic carbocycles. The molecule has 1 saturated heterocycles. The van der Waals surface area contributed by atoms with Gasteiger partial charge in [0.1, 0.15) is 0 Å². The molecule has 0 spiro atoms. The summed E-state index contributed by atoms with van der Waals surface area (Å²) in [6, 6.07) is 8.51. The maximum Gasteiger partial charge on any atom is 0.243 e. The molecule has 1 aromatic heterocycles. The van der Waals surface area contributed by atoms with Gasteiger partial charge >= 0.3 is 0 Å². The first-order chi connectivity index (χ1) is 10.1. The molecule has 6 nitrogen and oxygen atoms in total. The maximum atomic E-state index is 12.8. The van der Waals surface area contributed by atoms with Gasteiger partial charge in [0, 0.05) is 37.6 Å². The number of benzene rings is 1. The fourth-order valence-corrected chi connectivity index (χ4v) is 4.07. The SMILES string of the molecule is O=C1CCN(S(=O)(=O)c2cccc3ncccc23)CCN1. The molecule has 7 heteroatoms. The highest BCUT2D eigenvalue weighted by Crippen LogP contribution is 2.24. The Morgan fingerprint density at radius 3 is 2.86 bits per heavy atom. The van der Waals surface area contributed by atoms with Crippen molar-refractivity contribution in [2.45, 2.75) is 11.3 Å². The molecule has 110 valence electrons. The second-order valence-corrected chi connectivity index (χ2v) is 6.74. The van der Waals surface area contributed by atoms with Crippen molar-refractivity contribution in [3.8, 4) is 0 Å². The molecule has 1 fully saturated rings. The van der Waals surface area contributed by atoms with E-state index in [2.05, 4.69) is 10.3 Å². The molecule has 0 bridgehead atoms. The van der Waals surface area contributed by atoms with Gasteiger partial charge in [0.15, 0.2) is 0 Å². The number of fused-ring (bicyclic) bond motifs is 1. The van der Waals surface area contributed by atoms with Gasteiger partial charge in [-0.05, 0) is 24.3 Å². The van der Waals surface area contributed by atoms with Crippen LogP contribution in [0.15, 0.2) is 41.4 Å². The van der Waals surface area contributed by atoms with Crippen LogP contribution in [0.4, 0.5) is 0 Å². The molecule has 3 rings (SSSR count). The van der Waals surface area contributed by atoms with Crippen LogP contribution in [0.2, 0.25) is 0 Å². The quantitative estimate of drug-likeness (QED) is 0.888. The monoisotopic (exact) mass is 305 g/mol. The van der Waals surface area contributed by atoms with Crippen LogP contribution in [0.5, 0.6) is 0 Å². The number of hydrogen-bond donors (Lipinski definition) is 1. The van der Waals surface area contributed by atoms with Crippen molar-refractivity contribution in [2.24, 2.45) is 0 Å². The van der Waals surface area contributed by atoms with E-state index < -0.39 is 10.0 Å². The summed E-state index contributed by atoms with van der Waals surface area (Å²) in [6.45, 7) is 0.816. The highest BCUT2D eigenvalue weighted by atomic mass is 32.2. The minimum absolute atomic E-state index is 0.118. The minimum Gasteiger partial charge on any atom is -0.355 e. The molecule has 2 heterocycles. The van der Waals surface area contributed by atoms with Gasteiger partial charge in [-0.2, -0.15) is 4.31 Å². The number of nitrogens with one attached hydrogen (secondary N) is 1. The standard InChI is InChI=1S/C14H15N3O3S/c18-14-6-9-17(10-8-16-14)21(19,20)13-5-1-4-12-11(13)3-2-7-15-12/h1-5,7H,6,8-10H2,(H,16,18). The second kappa shape index (κ2) is 5.42. The van der Waals surface area contributed by atoms with Crippen molar-refractivity contribution >= 4 is 26.8 Å². The maximum absolute atomic E-state index is 12.8. The van der Waals surface area contributed by atoms with Gasteiger partial charge in [-0.15, -0.1) is 0 Å². The van der Waals surface area contributed by atoms with Crippen molar-refractivity contribution in [3.63, 3.8) is 0 Å². The van der Waals surface area contributed by atoms with Gasteiger partial charge in [0.25, 0.3) is 0 Å². The predicted molar refractivity (Wildman–Crippen MR) is 78.1 cm³/mol. The summed E-state index contributed by atoms with van der Waals surface area (Å²) in [7, 11) is -3.63. The number of aromatic nitrogens is 1. The van der Waals surface area contributed by atoms with Gasteiger partial charge < -0.3 is 5.32 Å². The van der Waals surface area contributed by atoms with E-state index in [4.69, 9.17) is 0 Å². The van der Waals surface area contributed by atoms with E-state index in [1.54, 1.807) is 36.5 Å². The summed E-state index contributed by atoms with van der Waals surface area (Å²) in [4.78, 5) is 15.8. The van der Waals surface area contributed by atoms with Crippen LogP contribution in [-0.4, -0.2) is 43.2 Å². The summed E-state index contributed by atoms with van der Waals surface area (Å²) in [5.41, 5.74) is 0.641. The fraction of sp³-hybridized carbons (Fsp3) is 0.286. The number of pyridine rings is 1. The van der Waals surface area contributed by atoms with Crippen LogP contribution >= 0.6 is 0 Å². The molecule has 0 unspecified atom stereocenters. The molecule has 1 aliphatic heterocycles. The number of carbonyl (C=O) groups excluding carboxylic acids is 1. The van der Waals surface area contributed by atoms with Crippen LogP contribution < -0.4 is 5.32 Å². The summed E-state index contributed by atoms with van der Waals surface area (Å²) in [5.74, 6) is -0.118. The summed E-state index contributed by atoms with van der Waals surface area (Å²) in [5, 5.41) is 3.28. The lowest BCUT2D eigenvalue weighted by Crippen LogP contribution is -2.34. The van der Waals surface area contributed by atoms with Gasteiger partial charge in [0.05, 0.1) is 10.4 Å². The number of sulfonamides is 1. The first-order valence-corrected chi connectivity index (χ1v) is 8.13. The number of nitrogens with zero attached hydrogens (tertiary/aromatic N) is 2. The Morgan fingerprint density at radius 2 is 2.00 bits per heavy atom. The largest absolute Gasteiger partial charge is 0.355 e. The average molecular weight is 305 g/mol. The zero-order chi connectivity index (χ0) is 14.9. The lowest BCUT2D eigenvalue weighted by Gasteiger charge is -2.20. The number of amides is 1. The van der Waals surface area contributed by atoms with E-state index in [-0.39, 0.29) is 30.3 Å². The summed E-state index contributed by atoms with van der Waals surface area (Å²) in [6.07, 6.45) is 1.81. The number of carbonyl (C=O) groups is 1. The van der Waals surface area contributed by atoms with E-state index in [1.165, 1.54) is 4.31 Å². The minimum atomic E-state index is -3.63. The number of hydrogen-bond acceptors (Lipinski definition) is 4. The molecular formula is C14H15N3O3S. The Hall–Kier alpha value is -1.99. The highest BCUT2D eigenvalue weighted by Gasteiger charge is 2.28. The van der Waals surface area contributed by atoms with Gasteiger partial charge in [0.2, 0.25) is 15.9 Å². The van der Waals surface area contributed by atoms with Gasteiger partial charge in [-0.3, -0.25) is 9.78 Å². The van der Waals surface area contributed by atoms with Gasteiger partial charge in [-0.25, -0.2) is 8.42 Å². The second-order valence-electron chi connectivity index (χ2n) is 4.83. The van der Waals surface area contributed by atoms with Crippen molar-refractivity contribution in [2.75, 3.05) is 19.6 Å². The van der Waals surface area contributed by atoms with E-state index in [9.17, 15) is 13.2 Å². The predicted octanol–water partition coefficient (Wildman–Crippen LogP) is 0.745. The molecule has 1 amide bonds. The van der Waals surface area contributed by atoms with Crippen LogP contribution in [-0.2, 0) is 14.8 Å². The third-order valence-corrected chi connectivity index (χ3v) is 5.45. The van der Waals surface area contributed by atoms with Crippen molar-refractivity contribution in [1.82, 2.24) is 14.6 Å². The van der Waals surface area contributed by atoms with Gasteiger partial charge in [-0.1, -0.05) is 6.07 Å². The first-order valence-electron chi connectivity index (χ1n) is 6.69. The molecule has 1 N–H and O–H groups in total. The van der Waals surface area contributed by atoms with Crippen molar-refractivity contribution in [3.05, 3.63) is 36.5 Å². The zero-order valence-corrected chi connectivity index (χ0v) is 12.1. The molecule has 21 heavy (non-hydrogen) atoms.